The average Bonchev–Trinajstić information content (AvgIpc) is 3.36. The summed E-state index contributed by atoms with van der Waals surface area (Å²) >= 11 is 0. The number of nitrogens with zero attached hydrogens (tertiary/aromatic N) is 2. The van der Waals surface area contributed by atoms with Crippen molar-refractivity contribution in [2.75, 3.05) is 13.1 Å². The zero-order valence-electron chi connectivity index (χ0n) is 23.9. The van der Waals surface area contributed by atoms with Crippen molar-refractivity contribution < 1.29 is 9.90 Å². The van der Waals surface area contributed by atoms with Crippen molar-refractivity contribution in [3.05, 3.63) is 131 Å². The predicted octanol–water partition coefficient (Wildman–Crippen LogP) is 7.52. The van der Waals surface area contributed by atoms with Crippen molar-refractivity contribution in [1.29, 1.82) is 0 Å². The Hall–Kier alpha value is -4.68. The first kappa shape index (κ1) is 27.5. The minimum atomic E-state index is -0.177. The van der Waals surface area contributed by atoms with E-state index in [2.05, 4.69) is 27.3 Å². The lowest BCUT2D eigenvalue weighted by atomic mass is 9.99. The number of aromatic nitrogens is 1. The van der Waals surface area contributed by atoms with Crippen molar-refractivity contribution >= 4 is 28.2 Å². The van der Waals surface area contributed by atoms with Crippen LogP contribution in [0.4, 0.5) is 5.69 Å². The van der Waals surface area contributed by atoms with E-state index in [-0.39, 0.29) is 17.8 Å². The summed E-state index contributed by atoms with van der Waals surface area (Å²) in [5, 5.41) is 15.0. The van der Waals surface area contributed by atoms with Crippen LogP contribution in [0.25, 0.3) is 10.9 Å². The number of aromatic amines is 1. The Morgan fingerprint density at radius 2 is 1.62 bits per heavy atom. The molecule has 3 N–H and O–H groups in total. The molecule has 0 spiro atoms. The third-order valence-corrected chi connectivity index (χ3v) is 7.98. The molecule has 1 atom stereocenters. The highest BCUT2D eigenvalue weighted by molar-refractivity contribution is 6.22. The maximum absolute atomic E-state index is 13.3. The number of aromatic hydroxyl groups is 1. The van der Waals surface area contributed by atoms with Crippen LogP contribution in [0.1, 0.15) is 64.8 Å². The molecule has 0 saturated carbocycles. The molecule has 0 bridgehead atoms. The first-order valence-electron chi connectivity index (χ1n) is 14.7. The summed E-state index contributed by atoms with van der Waals surface area (Å²) in [7, 11) is 0. The Labute approximate surface area is 246 Å². The number of amides is 1. The van der Waals surface area contributed by atoms with Crippen LogP contribution in [0.5, 0.6) is 5.88 Å². The molecule has 1 saturated heterocycles. The minimum absolute atomic E-state index is 0.0206. The van der Waals surface area contributed by atoms with E-state index >= 15 is 0 Å². The zero-order valence-corrected chi connectivity index (χ0v) is 23.9. The van der Waals surface area contributed by atoms with Gasteiger partial charge in [0, 0.05) is 28.6 Å². The van der Waals surface area contributed by atoms with Gasteiger partial charge < -0.3 is 15.4 Å². The molecule has 2 heterocycles. The molecule has 0 aliphatic carbocycles. The van der Waals surface area contributed by atoms with E-state index in [0.717, 1.165) is 47.4 Å². The summed E-state index contributed by atoms with van der Waals surface area (Å²) in [6, 6.07) is 33.4. The second-order valence-electron chi connectivity index (χ2n) is 11.0. The minimum Gasteiger partial charge on any atom is -0.494 e. The molecular formula is C36H36N4O2. The molecule has 0 radical (unpaired) electrons. The zero-order chi connectivity index (χ0) is 28.9. The quantitative estimate of drug-likeness (QED) is 0.173. The fourth-order valence-corrected chi connectivity index (χ4v) is 5.75. The lowest BCUT2D eigenvalue weighted by Crippen LogP contribution is -2.28. The van der Waals surface area contributed by atoms with Crippen LogP contribution in [0.3, 0.4) is 0 Å². The standard InChI is InChI=1S/C36H36N4O2/c1-25(27-13-5-2-6-14-27)37-35(41)29-18-19-32-31(23-29)33(36(42)39-32)34(28-15-7-3-8-16-28)38-30-17-11-12-26(22-30)24-40-20-9-4-10-21-40/h2-3,5-8,11-19,22-23,25,39,42H,4,9-10,20-21,24H2,1H3,(H,37,41)/t25-/m1/s1. The molecule has 6 rings (SSSR count). The number of likely N-dealkylation sites (tertiary alicyclic amines) is 1. The SMILES string of the molecule is C[C@@H](NC(=O)c1ccc2[nH]c(O)c(C(=Nc3cccc(CN4CCCCC4)c3)c3ccccc3)c2c1)c1ccccc1. The van der Waals surface area contributed by atoms with Crippen LogP contribution in [-0.2, 0) is 6.54 Å². The van der Waals surface area contributed by atoms with E-state index in [1.165, 1.54) is 24.8 Å². The van der Waals surface area contributed by atoms with E-state index < -0.39 is 0 Å². The second-order valence-corrected chi connectivity index (χ2v) is 11.0. The van der Waals surface area contributed by atoms with Crippen molar-refractivity contribution in [3.63, 3.8) is 0 Å². The summed E-state index contributed by atoms with van der Waals surface area (Å²) in [6.45, 7) is 5.14. The van der Waals surface area contributed by atoms with E-state index in [1.807, 2.05) is 91.9 Å². The normalized spacial score (nSPS) is 15.0. The van der Waals surface area contributed by atoms with Gasteiger partial charge in [-0.25, -0.2) is 4.99 Å². The van der Waals surface area contributed by atoms with Crippen molar-refractivity contribution in [2.24, 2.45) is 4.99 Å². The van der Waals surface area contributed by atoms with Gasteiger partial charge in [0.1, 0.15) is 0 Å². The van der Waals surface area contributed by atoms with E-state index in [0.29, 0.717) is 16.8 Å². The first-order valence-corrected chi connectivity index (χ1v) is 14.7. The summed E-state index contributed by atoms with van der Waals surface area (Å²) in [4.78, 5) is 24.0. The maximum atomic E-state index is 13.3. The Bertz CT molecular complexity index is 1700. The van der Waals surface area contributed by atoms with Gasteiger partial charge in [0.2, 0.25) is 0 Å². The topological polar surface area (TPSA) is 80.7 Å². The van der Waals surface area contributed by atoms with Gasteiger partial charge in [-0.05, 0) is 74.3 Å². The number of fused-ring (bicyclic) bond motifs is 1. The Kier molecular flexibility index (Phi) is 8.15. The molecule has 5 aromatic rings. The van der Waals surface area contributed by atoms with Gasteiger partial charge in [0.25, 0.3) is 5.91 Å². The maximum Gasteiger partial charge on any atom is 0.251 e. The molecular weight excluding hydrogens is 520 g/mol. The molecule has 1 aliphatic rings. The Morgan fingerprint density at radius 3 is 2.38 bits per heavy atom. The average molecular weight is 557 g/mol. The largest absolute Gasteiger partial charge is 0.494 e. The second kappa shape index (κ2) is 12.5. The van der Waals surface area contributed by atoms with Gasteiger partial charge in [-0.2, -0.15) is 0 Å². The number of nitrogens with one attached hydrogen (secondary N) is 2. The number of hydrogen-bond donors (Lipinski definition) is 3. The summed E-state index contributed by atoms with van der Waals surface area (Å²) in [5.74, 6) is -0.157. The number of hydrogen-bond acceptors (Lipinski definition) is 4. The predicted molar refractivity (Wildman–Crippen MR) is 170 cm³/mol. The molecule has 6 heteroatoms. The highest BCUT2D eigenvalue weighted by Gasteiger charge is 2.21. The van der Waals surface area contributed by atoms with Crippen molar-refractivity contribution in [1.82, 2.24) is 15.2 Å². The number of carbonyl (C=O) groups is 1. The number of carbonyl (C=O) groups excluding carboxylic acids is 1. The van der Waals surface area contributed by atoms with E-state index in [9.17, 15) is 9.90 Å². The number of aliphatic imine (C=N–C) groups is 1. The highest BCUT2D eigenvalue weighted by atomic mass is 16.3. The van der Waals surface area contributed by atoms with Crippen LogP contribution < -0.4 is 5.32 Å². The summed E-state index contributed by atoms with van der Waals surface area (Å²) < 4.78 is 0. The van der Waals surface area contributed by atoms with E-state index in [1.54, 1.807) is 6.07 Å². The number of benzene rings is 4. The van der Waals surface area contributed by atoms with Gasteiger partial charge >= 0.3 is 0 Å². The van der Waals surface area contributed by atoms with Crippen LogP contribution in [-0.4, -0.2) is 39.7 Å². The van der Waals surface area contributed by atoms with E-state index in [4.69, 9.17) is 4.99 Å². The number of piperidine rings is 1. The van der Waals surface area contributed by atoms with Crippen LogP contribution >= 0.6 is 0 Å². The van der Waals surface area contributed by atoms with Crippen molar-refractivity contribution in [2.45, 2.75) is 38.8 Å². The Balaban J connectivity index is 1.37. The summed E-state index contributed by atoms with van der Waals surface area (Å²) in [5.41, 5.74) is 6.42. The van der Waals surface area contributed by atoms with Gasteiger partial charge in [-0.15, -0.1) is 0 Å². The lowest BCUT2D eigenvalue weighted by Gasteiger charge is -2.26. The molecule has 1 aliphatic heterocycles. The van der Waals surface area contributed by atoms with Gasteiger partial charge in [-0.1, -0.05) is 79.2 Å². The molecule has 6 nitrogen and oxygen atoms in total. The number of rotatable bonds is 8. The van der Waals surface area contributed by atoms with Gasteiger partial charge in [-0.3, -0.25) is 9.69 Å². The van der Waals surface area contributed by atoms with Crippen molar-refractivity contribution in [3.8, 4) is 5.88 Å². The molecule has 212 valence electrons. The third kappa shape index (κ3) is 6.14. The fraction of sp³-hybridized carbons (Fsp3) is 0.222. The Morgan fingerprint density at radius 1 is 0.881 bits per heavy atom. The van der Waals surface area contributed by atoms with Gasteiger partial charge in [0.15, 0.2) is 5.88 Å². The first-order chi connectivity index (χ1) is 20.5. The molecule has 1 fully saturated rings. The monoisotopic (exact) mass is 556 g/mol. The molecule has 42 heavy (non-hydrogen) atoms. The number of H-pyrrole nitrogens is 1. The molecule has 1 amide bonds. The van der Waals surface area contributed by atoms with Crippen LogP contribution in [0.15, 0.2) is 108 Å². The fourth-order valence-electron chi connectivity index (χ4n) is 5.75. The molecule has 0 unspecified atom stereocenters. The smallest absolute Gasteiger partial charge is 0.251 e. The van der Waals surface area contributed by atoms with Crippen LogP contribution in [0, 0.1) is 0 Å². The molecule has 1 aromatic heterocycles. The third-order valence-electron chi connectivity index (χ3n) is 7.98. The van der Waals surface area contributed by atoms with Crippen LogP contribution in [0.2, 0.25) is 0 Å². The lowest BCUT2D eigenvalue weighted by molar-refractivity contribution is 0.0940. The highest BCUT2D eigenvalue weighted by Crippen LogP contribution is 2.32. The van der Waals surface area contributed by atoms with Gasteiger partial charge in [0.05, 0.1) is 23.0 Å². The summed E-state index contributed by atoms with van der Waals surface area (Å²) in [6.07, 6.45) is 3.81. The molecule has 4 aromatic carbocycles.